The van der Waals surface area contributed by atoms with Gasteiger partial charge in [-0.1, -0.05) is 6.92 Å². The lowest BCUT2D eigenvalue weighted by molar-refractivity contribution is 0.225. The molecule has 1 unspecified atom stereocenters. The summed E-state index contributed by atoms with van der Waals surface area (Å²) in [5.74, 6) is 0.863. The van der Waals surface area contributed by atoms with E-state index < -0.39 is 0 Å². The van der Waals surface area contributed by atoms with Crippen LogP contribution >= 0.6 is 0 Å². The first-order valence-electron chi connectivity index (χ1n) is 5.64. The molecule has 1 aliphatic rings. The van der Waals surface area contributed by atoms with Gasteiger partial charge < -0.3 is 10.5 Å². The fourth-order valence-electron chi connectivity index (χ4n) is 1.89. The van der Waals surface area contributed by atoms with Gasteiger partial charge >= 0.3 is 0 Å². The Kier molecular flexibility index (Phi) is 3.19. The molecule has 4 heteroatoms. The molecular formula is C12H17N3O. The second-order valence-electron chi connectivity index (χ2n) is 3.96. The van der Waals surface area contributed by atoms with Gasteiger partial charge in [-0.2, -0.15) is 10.2 Å². The molecule has 0 aromatic carbocycles. The monoisotopic (exact) mass is 219 g/mol. The van der Waals surface area contributed by atoms with E-state index in [2.05, 4.69) is 23.2 Å². The fourth-order valence-corrected chi connectivity index (χ4v) is 1.89. The van der Waals surface area contributed by atoms with Gasteiger partial charge in [-0.25, -0.2) is 0 Å². The molecule has 1 aromatic rings. The van der Waals surface area contributed by atoms with Crippen LogP contribution in [-0.2, 0) is 11.2 Å². The number of ether oxygens (including phenoxy) is 1. The minimum atomic E-state index is -0.202. The van der Waals surface area contributed by atoms with Gasteiger partial charge in [0.2, 0.25) is 0 Å². The number of rotatable bonds is 3. The van der Waals surface area contributed by atoms with Crippen LogP contribution in [0.25, 0.3) is 0 Å². The van der Waals surface area contributed by atoms with Crippen molar-refractivity contribution in [3.63, 3.8) is 0 Å². The topological polar surface area (TPSA) is 61.0 Å². The summed E-state index contributed by atoms with van der Waals surface area (Å²) in [6.45, 7) is 4.72. The Morgan fingerprint density at radius 2 is 2.31 bits per heavy atom. The van der Waals surface area contributed by atoms with Crippen LogP contribution in [0.3, 0.4) is 0 Å². The predicted octanol–water partition coefficient (Wildman–Crippen LogP) is 1.65. The lowest BCUT2D eigenvalue weighted by Gasteiger charge is -2.16. The first-order chi connectivity index (χ1) is 7.72. The molecule has 1 atom stereocenters. The van der Waals surface area contributed by atoms with E-state index in [4.69, 9.17) is 10.5 Å². The zero-order chi connectivity index (χ0) is 11.5. The van der Waals surface area contributed by atoms with Gasteiger partial charge in [-0.05, 0) is 25.5 Å². The standard InChI is InChI=1S/C12H17N3O/c1-3-10-9(7-8(2)14-15-10)12(13)11-5-4-6-16-11/h5,7,12H,3-4,6,13H2,1-2H3. The van der Waals surface area contributed by atoms with Gasteiger partial charge in [0.05, 0.1) is 24.0 Å². The highest BCUT2D eigenvalue weighted by Crippen LogP contribution is 2.26. The Labute approximate surface area is 95.5 Å². The maximum absolute atomic E-state index is 6.18. The summed E-state index contributed by atoms with van der Waals surface area (Å²) in [6.07, 6.45) is 3.84. The number of hydrogen-bond donors (Lipinski definition) is 1. The van der Waals surface area contributed by atoms with E-state index in [9.17, 15) is 0 Å². The Morgan fingerprint density at radius 3 is 2.94 bits per heavy atom. The van der Waals surface area contributed by atoms with Crippen LogP contribution in [0.5, 0.6) is 0 Å². The molecule has 2 heterocycles. The summed E-state index contributed by atoms with van der Waals surface area (Å²) in [6, 6.07) is 1.80. The summed E-state index contributed by atoms with van der Waals surface area (Å²) in [5.41, 5.74) is 9.06. The van der Waals surface area contributed by atoms with Crippen molar-refractivity contribution in [3.8, 4) is 0 Å². The second kappa shape index (κ2) is 4.61. The summed E-state index contributed by atoms with van der Waals surface area (Å²) >= 11 is 0. The molecule has 0 saturated carbocycles. The van der Waals surface area contributed by atoms with E-state index in [-0.39, 0.29) is 6.04 Å². The number of hydrogen-bond acceptors (Lipinski definition) is 4. The van der Waals surface area contributed by atoms with Gasteiger partial charge in [0, 0.05) is 12.0 Å². The molecule has 0 amide bonds. The van der Waals surface area contributed by atoms with E-state index in [0.29, 0.717) is 0 Å². The Balaban J connectivity index is 2.34. The molecule has 4 nitrogen and oxygen atoms in total. The van der Waals surface area contributed by atoms with E-state index in [1.165, 1.54) is 0 Å². The van der Waals surface area contributed by atoms with Crippen molar-refractivity contribution >= 4 is 0 Å². The Morgan fingerprint density at radius 1 is 1.50 bits per heavy atom. The minimum Gasteiger partial charge on any atom is -0.496 e. The van der Waals surface area contributed by atoms with Crippen molar-refractivity contribution in [2.24, 2.45) is 5.73 Å². The number of aromatic nitrogens is 2. The molecule has 0 saturated heterocycles. The molecule has 0 fully saturated rings. The highest BCUT2D eigenvalue weighted by Gasteiger charge is 2.20. The van der Waals surface area contributed by atoms with Gasteiger partial charge in [-0.3, -0.25) is 0 Å². The lowest BCUT2D eigenvalue weighted by Crippen LogP contribution is -2.17. The molecule has 0 bridgehead atoms. The van der Waals surface area contributed by atoms with Crippen LogP contribution in [-0.4, -0.2) is 16.8 Å². The lowest BCUT2D eigenvalue weighted by atomic mass is 10.0. The number of aryl methyl sites for hydroxylation is 2. The SMILES string of the molecule is CCc1nnc(C)cc1C(N)C1=CCCO1. The summed E-state index contributed by atoms with van der Waals surface area (Å²) in [7, 11) is 0. The Hall–Kier alpha value is -1.42. The van der Waals surface area contributed by atoms with Crippen LogP contribution in [0, 0.1) is 6.92 Å². The normalized spacial score (nSPS) is 16.8. The Bertz CT molecular complexity index is 415. The smallest absolute Gasteiger partial charge is 0.113 e. The third-order valence-electron chi connectivity index (χ3n) is 2.73. The summed E-state index contributed by atoms with van der Waals surface area (Å²) in [4.78, 5) is 0. The van der Waals surface area contributed by atoms with E-state index in [1.54, 1.807) is 0 Å². The van der Waals surface area contributed by atoms with Crippen molar-refractivity contribution in [2.75, 3.05) is 6.61 Å². The van der Waals surface area contributed by atoms with Crippen LogP contribution in [0.4, 0.5) is 0 Å². The van der Waals surface area contributed by atoms with Crippen molar-refractivity contribution < 1.29 is 4.74 Å². The quantitative estimate of drug-likeness (QED) is 0.839. The molecule has 0 spiro atoms. The number of nitrogens with two attached hydrogens (primary N) is 1. The summed E-state index contributed by atoms with van der Waals surface area (Å²) < 4.78 is 5.50. The highest BCUT2D eigenvalue weighted by atomic mass is 16.5. The highest BCUT2D eigenvalue weighted by molar-refractivity contribution is 5.30. The average molecular weight is 219 g/mol. The third kappa shape index (κ3) is 2.07. The van der Waals surface area contributed by atoms with E-state index >= 15 is 0 Å². The molecule has 0 radical (unpaired) electrons. The summed E-state index contributed by atoms with van der Waals surface area (Å²) in [5, 5.41) is 8.23. The molecule has 0 aliphatic carbocycles. The molecule has 16 heavy (non-hydrogen) atoms. The maximum atomic E-state index is 6.18. The van der Waals surface area contributed by atoms with E-state index in [0.717, 1.165) is 42.2 Å². The largest absolute Gasteiger partial charge is 0.496 e. The van der Waals surface area contributed by atoms with Gasteiger partial charge in [0.15, 0.2) is 0 Å². The third-order valence-corrected chi connectivity index (χ3v) is 2.73. The molecule has 1 aliphatic heterocycles. The van der Waals surface area contributed by atoms with Crippen molar-refractivity contribution in [1.29, 1.82) is 0 Å². The molecule has 2 rings (SSSR count). The number of nitrogens with zero attached hydrogens (tertiary/aromatic N) is 2. The van der Waals surface area contributed by atoms with Crippen LogP contribution < -0.4 is 5.73 Å². The van der Waals surface area contributed by atoms with Crippen molar-refractivity contribution in [2.45, 2.75) is 32.7 Å². The molecular weight excluding hydrogens is 202 g/mol. The van der Waals surface area contributed by atoms with Crippen molar-refractivity contribution in [1.82, 2.24) is 10.2 Å². The van der Waals surface area contributed by atoms with Crippen molar-refractivity contribution in [3.05, 3.63) is 34.9 Å². The molecule has 1 aromatic heterocycles. The second-order valence-corrected chi connectivity index (χ2v) is 3.96. The zero-order valence-corrected chi connectivity index (χ0v) is 9.73. The van der Waals surface area contributed by atoms with Gasteiger partial charge in [-0.15, -0.1) is 0 Å². The predicted molar refractivity (Wildman–Crippen MR) is 61.7 cm³/mol. The van der Waals surface area contributed by atoms with Crippen LogP contribution in [0.15, 0.2) is 17.9 Å². The molecule has 86 valence electrons. The van der Waals surface area contributed by atoms with E-state index in [1.807, 2.05) is 13.0 Å². The first kappa shape index (κ1) is 11.1. The maximum Gasteiger partial charge on any atom is 0.113 e. The first-order valence-corrected chi connectivity index (χ1v) is 5.64. The fraction of sp³-hybridized carbons (Fsp3) is 0.500. The average Bonchev–Trinajstić information content (AvgIpc) is 2.81. The van der Waals surface area contributed by atoms with Gasteiger partial charge in [0.1, 0.15) is 5.76 Å². The van der Waals surface area contributed by atoms with Gasteiger partial charge in [0.25, 0.3) is 0 Å². The van der Waals surface area contributed by atoms with Crippen LogP contribution in [0.1, 0.15) is 36.3 Å². The molecule has 2 N–H and O–H groups in total. The minimum absolute atomic E-state index is 0.202. The zero-order valence-electron chi connectivity index (χ0n) is 9.73. The van der Waals surface area contributed by atoms with Crippen LogP contribution in [0.2, 0.25) is 0 Å².